The molecular formula is C27H30N2O3. The second kappa shape index (κ2) is 9.51. The third-order valence-electron chi connectivity index (χ3n) is 6.28. The van der Waals surface area contributed by atoms with E-state index in [1.807, 2.05) is 37.3 Å². The van der Waals surface area contributed by atoms with Gasteiger partial charge in [-0.05, 0) is 74.6 Å². The molecule has 166 valence electrons. The average molecular weight is 431 g/mol. The molecule has 5 nitrogen and oxygen atoms in total. The fraction of sp³-hybridized carbons (Fsp3) is 0.370. The molecule has 0 N–H and O–H groups in total. The zero-order chi connectivity index (χ0) is 22.7. The Kier molecular flexibility index (Phi) is 6.54. The van der Waals surface area contributed by atoms with Gasteiger partial charge in [0.2, 0.25) is 5.78 Å². The van der Waals surface area contributed by atoms with Crippen LogP contribution in [-0.4, -0.2) is 28.9 Å². The third kappa shape index (κ3) is 4.38. The van der Waals surface area contributed by atoms with Crippen molar-refractivity contribution in [2.45, 2.75) is 52.5 Å². The number of aryl methyl sites for hydroxylation is 1. The number of aliphatic imine (C=N–C) groups is 1. The average Bonchev–Trinajstić information content (AvgIpc) is 3.37. The van der Waals surface area contributed by atoms with Crippen LogP contribution in [0.25, 0.3) is 17.0 Å². The molecule has 0 radical (unpaired) electrons. The Balaban J connectivity index is 1.75. The number of carbonyl (C=O) groups is 2. The summed E-state index contributed by atoms with van der Waals surface area (Å²) in [5.74, 6) is 0.976. The topological polar surface area (TPSA) is 64.6 Å². The molecule has 32 heavy (non-hydrogen) atoms. The van der Waals surface area contributed by atoms with Crippen molar-refractivity contribution in [3.63, 3.8) is 0 Å². The number of rotatable bonds is 10. The molecule has 0 spiro atoms. The van der Waals surface area contributed by atoms with Gasteiger partial charge < -0.3 is 8.98 Å². The van der Waals surface area contributed by atoms with E-state index >= 15 is 0 Å². The summed E-state index contributed by atoms with van der Waals surface area (Å²) in [7, 11) is 1.71. The van der Waals surface area contributed by atoms with Crippen LogP contribution in [0.3, 0.4) is 0 Å². The molecule has 2 heterocycles. The van der Waals surface area contributed by atoms with E-state index in [-0.39, 0.29) is 18.0 Å². The van der Waals surface area contributed by atoms with E-state index in [9.17, 15) is 9.59 Å². The van der Waals surface area contributed by atoms with Crippen LogP contribution in [0, 0.1) is 5.92 Å². The van der Waals surface area contributed by atoms with Gasteiger partial charge in [0.1, 0.15) is 0 Å². The van der Waals surface area contributed by atoms with E-state index in [1.54, 1.807) is 19.2 Å². The van der Waals surface area contributed by atoms with Crippen LogP contribution < -0.4 is 0 Å². The molecule has 5 heteroatoms. The fourth-order valence-electron chi connectivity index (χ4n) is 4.40. The first-order valence-electron chi connectivity index (χ1n) is 11.4. The maximum absolute atomic E-state index is 13.2. The van der Waals surface area contributed by atoms with Crippen molar-refractivity contribution in [1.29, 1.82) is 0 Å². The molecule has 0 saturated heterocycles. The maximum atomic E-state index is 13.2. The number of fused-ring (bicyclic) bond motifs is 1. The van der Waals surface area contributed by atoms with Crippen molar-refractivity contribution in [3.05, 3.63) is 65.3 Å². The lowest BCUT2D eigenvalue weighted by Crippen LogP contribution is -2.17. The Morgan fingerprint density at radius 3 is 2.69 bits per heavy atom. The van der Waals surface area contributed by atoms with Gasteiger partial charge >= 0.3 is 0 Å². The van der Waals surface area contributed by atoms with Crippen LogP contribution in [0.5, 0.6) is 0 Å². The molecule has 1 saturated carbocycles. The second-order valence-corrected chi connectivity index (χ2v) is 8.40. The number of aromatic nitrogens is 1. The number of ketones is 2. The maximum Gasteiger partial charge on any atom is 0.228 e. The zero-order valence-electron chi connectivity index (χ0n) is 19.1. The second-order valence-electron chi connectivity index (χ2n) is 8.40. The third-order valence-corrected chi connectivity index (χ3v) is 6.28. The summed E-state index contributed by atoms with van der Waals surface area (Å²) in [6.45, 7) is 4.84. The smallest absolute Gasteiger partial charge is 0.228 e. The molecule has 0 atom stereocenters. The molecule has 2 aromatic heterocycles. The number of allylic oxidation sites excluding steroid dienone is 1. The molecular weight excluding hydrogens is 400 g/mol. The summed E-state index contributed by atoms with van der Waals surface area (Å²) in [6.07, 6.45) is 10.1. The Hall–Kier alpha value is -3.21. The molecule has 4 rings (SSSR count). The van der Waals surface area contributed by atoms with Crippen molar-refractivity contribution in [2.24, 2.45) is 10.9 Å². The summed E-state index contributed by atoms with van der Waals surface area (Å²) in [5, 5.41) is 0.934. The molecule has 0 bridgehead atoms. The van der Waals surface area contributed by atoms with Crippen molar-refractivity contribution in [3.8, 4) is 0 Å². The quantitative estimate of drug-likeness (QED) is 0.297. The largest absolute Gasteiger partial charge is 0.461 e. The van der Waals surface area contributed by atoms with E-state index in [0.29, 0.717) is 17.0 Å². The summed E-state index contributed by atoms with van der Waals surface area (Å²) in [4.78, 5) is 30.4. The van der Waals surface area contributed by atoms with Crippen molar-refractivity contribution < 1.29 is 14.0 Å². The normalized spacial score (nSPS) is 14.5. The highest BCUT2D eigenvalue weighted by atomic mass is 16.3. The van der Waals surface area contributed by atoms with E-state index in [1.165, 1.54) is 19.1 Å². The number of Topliss-reactive ketones (excluding diaryl/α,β-unsaturated/α-hetero) is 1. The number of hydrogen-bond donors (Lipinski definition) is 0. The zero-order valence-corrected chi connectivity index (χ0v) is 19.1. The lowest BCUT2D eigenvalue weighted by Gasteiger charge is -2.07. The number of benzene rings is 1. The molecule has 1 aliphatic carbocycles. The highest BCUT2D eigenvalue weighted by molar-refractivity contribution is 6.40. The van der Waals surface area contributed by atoms with Gasteiger partial charge in [-0.2, -0.15) is 0 Å². The van der Waals surface area contributed by atoms with Crippen LogP contribution in [0.1, 0.15) is 66.9 Å². The molecule has 1 fully saturated rings. The van der Waals surface area contributed by atoms with Gasteiger partial charge in [-0.15, -0.1) is 0 Å². The summed E-state index contributed by atoms with van der Waals surface area (Å²) < 4.78 is 7.51. The highest BCUT2D eigenvalue weighted by Gasteiger charge is 2.25. The van der Waals surface area contributed by atoms with Crippen LogP contribution in [0.15, 0.2) is 52.1 Å². The van der Waals surface area contributed by atoms with Crippen molar-refractivity contribution in [2.75, 3.05) is 7.05 Å². The van der Waals surface area contributed by atoms with E-state index in [2.05, 4.69) is 16.5 Å². The van der Waals surface area contributed by atoms with Crippen LogP contribution in [0.4, 0.5) is 0 Å². The van der Waals surface area contributed by atoms with Crippen molar-refractivity contribution in [1.82, 2.24) is 4.57 Å². The first-order chi connectivity index (χ1) is 15.6. The van der Waals surface area contributed by atoms with Gasteiger partial charge in [-0.25, -0.2) is 0 Å². The standard InChI is InChI=1S/C27H30N2O3/c1-4-7-23-21(17-25(30)22(28-3)13-11-18-9-10-18)20-16-19(12-14-24(20)29(23)5-2)27(31)26-8-6-15-32-26/h4,6-8,12,14-16,18H,5,9-11,13,17H2,1-3H3/b7-4-,28-22+. The summed E-state index contributed by atoms with van der Waals surface area (Å²) in [6, 6.07) is 9.08. The van der Waals surface area contributed by atoms with E-state index < -0.39 is 0 Å². The Morgan fingerprint density at radius 1 is 1.25 bits per heavy atom. The molecule has 0 unspecified atom stereocenters. The number of nitrogens with zero attached hydrogens (tertiary/aromatic N) is 2. The lowest BCUT2D eigenvalue weighted by atomic mass is 9.97. The van der Waals surface area contributed by atoms with Gasteiger partial charge in [0.25, 0.3) is 0 Å². The van der Waals surface area contributed by atoms with Gasteiger partial charge in [-0.1, -0.05) is 18.9 Å². The summed E-state index contributed by atoms with van der Waals surface area (Å²) >= 11 is 0. The van der Waals surface area contributed by atoms with E-state index in [4.69, 9.17) is 4.42 Å². The van der Waals surface area contributed by atoms with Crippen LogP contribution in [0.2, 0.25) is 0 Å². The lowest BCUT2D eigenvalue weighted by molar-refractivity contribution is -0.112. The number of furan rings is 1. The molecule has 3 aromatic rings. The predicted octanol–water partition coefficient (Wildman–Crippen LogP) is 5.89. The van der Waals surface area contributed by atoms with E-state index in [0.717, 1.165) is 47.5 Å². The Bertz CT molecular complexity index is 1190. The number of carbonyl (C=O) groups excluding carboxylic acids is 2. The van der Waals surface area contributed by atoms with Gasteiger partial charge in [0.05, 0.1) is 12.0 Å². The fourth-order valence-corrected chi connectivity index (χ4v) is 4.40. The number of hydrogen-bond acceptors (Lipinski definition) is 4. The Morgan fingerprint density at radius 2 is 2.06 bits per heavy atom. The monoisotopic (exact) mass is 430 g/mol. The van der Waals surface area contributed by atoms with Gasteiger partial charge in [0.15, 0.2) is 11.5 Å². The van der Waals surface area contributed by atoms with Crippen LogP contribution in [-0.2, 0) is 17.8 Å². The minimum Gasteiger partial charge on any atom is -0.461 e. The van der Waals surface area contributed by atoms with Gasteiger partial charge in [-0.3, -0.25) is 14.6 Å². The van der Waals surface area contributed by atoms with Crippen molar-refractivity contribution >= 4 is 34.3 Å². The summed E-state index contributed by atoms with van der Waals surface area (Å²) in [5.41, 5.74) is 4.21. The Labute approximate surface area is 188 Å². The minimum atomic E-state index is -0.161. The van der Waals surface area contributed by atoms with Gasteiger partial charge in [0, 0.05) is 42.2 Å². The minimum absolute atomic E-state index is 0.0665. The van der Waals surface area contributed by atoms with Crippen LogP contribution >= 0.6 is 0 Å². The molecule has 0 amide bonds. The molecule has 1 aliphatic rings. The predicted molar refractivity (Wildman–Crippen MR) is 128 cm³/mol. The first kappa shape index (κ1) is 22.0. The molecule has 0 aliphatic heterocycles. The molecule has 1 aromatic carbocycles. The first-order valence-corrected chi connectivity index (χ1v) is 11.4. The SMILES string of the molecule is C/C=C\c1c(CC(=O)/C(CCC2CC2)=N/C)c2cc(C(=O)c3ccco3)ccc2n1CC. The highest BCUT2D eigenvalue weighted by Crippen LogP contribution is 2.34.